The lowest BCUT2D eigenvalue weighted by Gasteiger charge is -2.20. The molecule has 6 heteroatoms. The van der Waals surface area contributed by atoms with E-state index in [0.29, 0.717) is 28.8 Å². The van der Waals surface area contributed by atoms with Gasteiger partial charge in [0.15, 0.2) is 0 Å². The third-order valence-corrected chi connectivity index (χ3v) is 4.65. The fourth-order valence-electron chi connectivity index (χ4n) is 2.42. The quantitative estimate of drug-likeness (QED) is 0.790. The van der Waals surface area contributed by atoms with E-state index in [1.165, 1.54) is 6.07 Å². The third-order valence-electron chi connectivity index (χ3n) is 3.77. The molecular formula is C18H20BrNO4. The molecule has 0 unspecified atom stereocenters. The largest absolute Gasteiger partial charge is 0.507 e. The van der Waals surface area contributed by atoms with Crippen LogP contribution in [0.1, 0.15) is 5.56 Å². The molecule has 0 bridgehead atoms. The molecule has 0 atom stereocenters. The highest BCUT2D eigenvalue weighted by Crippen LogP contribution is 2.42. The van der Waals surface area contributed by atoms with Crippen molar-refractivity contribution in [1.29, 1.82) is 0 Å². The average molecular weight is 394 g/mol. The standard InChI is InChI=1S/C18H20BrNO4/c1-20(8-9-24-2)16(23)10-13-17(12-6-4-3-5-7-12)14(21)11-15(22)18(13)19/h3-7,11,21-22H,8-10H2,1-2H3. The Bertz CT molecular complexity index is 719. The molecule has 0 saturated carbocycles. The minimum absolute atomic E-state index is 0.0486. The number of phenols is 2. The van der Waals surface area contributed by atoms with Crippen LogP contribution in [-0.4, -0.2) is 48.3 Å². The number of carbonyl (C=O) groups excluding carboxylic acids is 1. The molecule has 1 amide bonds. The summed E-state index contributed by atoms with van der Waals surface area (Å²) in [5.41, 5.74) is 1.86. The molecule has 2 aromatic carbocycles. The number of phenolic OH excluding ortho intramolecular Hbond substituents is 2. The van der Waals surface area contributed by atoms with Crippen LogP contribution in [0.25, 0.3) is 11.1 Å². The lowest BCUT2D eigenvalue weighted by atomic mass is 9.95. The first-order chi connectivity index (χ1) is 11.5. The fraction of sp³-hybridized carbons (Fsp3) is 0.278. The monoisotopic (exact) mass is 393 g/mol. The highest BCUT2D eigenvalue weighted by molar-refractivity contribution is 9.10. The maximum Gasteiger partial charge on any atom is 0.226 e. The highest BCUT2D eigenvalue weighted by atomic mass is 79.9. The van der Waals surface area contributed by atoms with Crippen LogP contribution in [0.5, 0.6) is 11.5 Å². The molecule has 0 fully saturated rings. The first-order valence-electron chi connectivity index (χ1n) is 7.47. The van der Waals surface area contributed by atoms with Crippen LogP contribution in [0.2, 0.25) is 0 Å². The maximum atomic E-state index is 12.5. The molecule has 2 rings (SSSR count). The predicted molar refractivity (Wildman–Crippen MR) is 96.1 cm³/mol. The van der Waals surface area contributed by atoms with Crippen LogP contribution in [-0.2, 0) is 16.0 Å². The van der Waals surface area contributed by atoms with Crippen LogP contribution >= 0.6 is 15.9 Å². The van der Waals surface area contributed by atoms with Crippen molar-refractivity contribution in [2.45, 2.75) is 6.42 Å². The van der Waals surface area contributed by atoms with E-state index in [2.05, 4.69) is 15.9 Å². The van der Waals surface area contributed by atoms with E-state index < -0.39 is 0 Å². The zero-order valence-electron chi connectivity index (χ0n) is 13.6. The number of hydrogen-bond donors (Lipinski definition) is 2. The van der Waals surface area contributed by atoms with E-state index in [-0.39, 0.29) is 23.8 Å². The van der Waals surface area contributed by atoms with E-state index in [9.17, 15) is 15.0 Å². The Kier molecular flexibility index (Phi) is 6.23. The molecule has 0 aliphatic rings. The van der Waals surface area contributed by atoms with Gasteiger partial charge in [0.05, 0.1) is 17.5 Å². The number of hydrogen-bond acceptors (Lipinski definition) is 4. The van der Waals surface area contributed by atoms with Crippen molar-refractivity contribution >= 4 is 21.8 Å². The molecule has 0 aliphatic carbocycles. The second-order valence-corrected chi connectivity index (χ2v) is 6.23. The van der Waals surface area contributed by atoms with Gasteiger partial charge in [0.2, 0.25) is 5.91 Å². The Morgan fingerprint density at radius 3 is 2.50 bits per heavy atom. The molecule has 0 saturated heterocycles. The Morgan fingerprint density at radius 2 is 1.88 bits per heavy atom. The van der Waals surface area contributed by atoms with Crippen molar-refractivity contribution in [3.8, 4) is 22.6 Å². The van der Waals surface area contributed by atoms with Crippen molar-refractivity contribution < 1.29 is 19.7 Å². The van der Waals surface area contributed by atoms with E-state index in [0.717, 1.165) is 5.56 Å². The number of likely N-dealkylation sites (N-methyl/N-ethyl adjacent to an activating group) is 1. The summed E-state index contributed by atoms with van der Waals surface area (Å²) in [4.78, 5) is 14.0. The van der Waals surface area contributed by atoms with E-state index in [1.807, 2.05) is 30.3 Å². The normalized spacial score (nSPS) is 10.6. The van der Waals surface area contributed by atoms with Crippen molar-refractivity contribution in [3.63, 3.8) is 0 Å². The first-order valence-corrected chi connectivity index (χ1v) is 8.26. The average Bonchev–Trinajstić information content (AvgIpc) is 2.58. The smallest absolute Gasteiger partial charge is 0.226 e. The van der Waals surface area contributed by atoms with Gasteiger partial charge in [-0.1, -0.05) is 30.3 Å². The molecule has 0 spiro atoms. The molecule has 5 nitrogen and oxygen atoms in total. The molecule has 2 aromatic rings. The molecule has 0 aliphatic heterocycles. The minimum Gasteiger partial charge on any atom is -0.507 e. The fourth-order valence-corrected chi connectivity index (χ4v) is 2.87. The topological polar surface area (TPSA) is 70.0 Å². The SMILES string of the molecule is COCCN(C)C(=O)Cc1c(Br)c(O)cc(O)c1-c1ccccc1. The van der Waals surface area contributed by atoms with Gasteiger partial charge in [0, 0.05) is 32.3 Å². The molecule has 128 valence electrons. The van der Waals surface area contributed by atoms with Crippen LogP contribution in [0.4, 0.5) is 0 Å². The van der Waals surface area contributed by atoms with Crippen molar-refractivity contribution in [3.05, 3.63) is 46.4 Å². The molecular weight excluding hydrogens is 374 g/mol. The van der Waals surface area contributed by atoms with Gasteiger partial charge in [0.25, 0.3) is 0 Å². The lowest BCUT2D eigenvalue weighted by molar-refractivity contribution is -0.129. The van der Waals surface area contributed by atoms with Crippen LogP contribution in [0.15, 0.2) is 40.9 Å². The van der Waals surface area contributed by atoms with Gasteiger partial charge in [-0.05, 0) is 27.1 Å². The summed E-state index contributed by atoms with van der Waals surface area (Å²) in [5, 5.41) is 20.3. The summed E-state index contributed by atoms with van der Waals surface area (Å²) in [6.45, 7) is 0.915. The van der Waals surface area contributed by atoms with Gasteiger partial charge in [-0.3, -0.25) is 4.79 Å². The lowest BCUT2D eigenvalue weighted by Crippen LogP contribution is -2.31. The van der Waals surface area contributed by atoms with Gasteiger partial charge in [-0.25, -0.2) is 0 Å². The van der Waals surface area contributed by atoms with Crippen molar-refractivity contribution in [1.82, 2.24) is 4.90 Å². The number of rotatable bonds is 6. The molecule has 2 N–H and O–H groups in total. The number of amides is 1. The summed E-state index contributed by atoms with van der Waals surface area (Å²) in [7, 11) is 3.27. The van der Waals surface area contributed by atoms with Gasteiger partial charge < -0.3 is 19.8 Å². The number of nitrogens with zero attached hydrogens (tertiary/aromatic N) is 1. The summed E-state index contributed by atoms with van der Waals surface area (Å²) in [5.74, 6) is -0.297. The van der Waals surface area contributed by atoms with Crippen LogP contribution in [0, 0.1) is 0 Å². The van der Waals surface area contributed by atoms with Gasteiger partial charge in [0.1, 0.15) is 11.5 Å². The number of ether oxygens (including phenoxy) is 1. The Labute approximate surface area is 149 Å². The van der Waals surface area contributed by atoms with Gasteiger partial charge in [-0.15, -0.1) is 0 Å². The van der Waals surface area contributed by atoms with E-state index >= 15 is 0 Å². The number of methoxy groups -OCH3 is 1. The number of halogens is 1. The summed E-state index contributed by atoms with van der Waals surface area (Å²) in [6.07, 6.45) is 0.0486. The number of carbonyl (C=O) groups is 1. The second-order valence-electron chi connectivity index (χ2n) is 5.43. The molecule has 0 radical (unpaired) electrons. The Hall–Kier alpha value is -2.05. The van der Waals surface area contributed by atoms with Crippen LogP contribution in [0.3, 0.4) is 0 Å². The molecule has 24 heavy (non-hydrogen) atoms. The number of benzene rings is 2. The van der Waals surface area contributed by atoms with Crippen molar-refractivity contribution in [2.24, 2.45) is 0 Å². The third kappa shape index (κ3) is 4.07. The zero-order chi connectivity index (χ0) is 17.7. The van der Waals surface area contributed by atoms with E-state index in [4.69, 9.17) is 4.74 Å². The maximum absolute atomic E-state index is 12.5. The highest BCUT2D eigenvalue weighted by Gasteiger charge is 2.21. The zero-order valence-corrected chi connectivity index (χ0v) is 15.2. The van der Waals surface area contributed by atoms with Crippen molar-refractivity contribution in [2.75, 3.05) is 27.3 Å². The Morgan fingerprint density at radius 1 is 1.21 bits per heavy atom. The predicted octanol–water partition coefficient (Wildman–Crippen LogP) is 3.17. The molecule has 0 aromatic heterocycles. The Balaban J connectivity index is 2.43. The molecule has 0 heterocycles. The van der Waals surface area contributed by atoms with E-state index in [1.54, 1.807) is 19.1 Å². The second kappa shape index (κ2) is 8.17. The summed E-state index contributed by atoms with van der Waals surface area (Å²) >= 11 is 3.34. The summed E-state index contributed by atoms with van der Waals surface area (Å²) < 4.78 is 5.39. The number of aromatic hydroxyl groups is 2. The van der Waals surface area contributed by atoms with Gasteiger partial charge in [-0.2, -0.15) is 0 Å². The first kappa shape index (κ1) is 18.3. The van der Waals surface area contributed by atoms with Crippen LogP contribution < -0.4 is 0 Å². The van der Waals surface area contributed by atoms with Gasteiger partial charge >= 0.3 is 0 Å². The minimum atomic E-state index is -0.130. The summed E-state index contributed by atoms with van der Waals surface area (Å²) in [6, 6.07) is 10.5.